The van der Waals surface area contributed by atoms with Crippen LogP contribution in [0.4, 0.5) is 0 Å². The van der Waals surface area contributed by atoms with Gasteiger partial charge in [0.15, 0.2) is 11.5 Å². The third-order valence-corrected chi connectivity index (χ3v) is 3.22. The van der Waals surface area contributed by atoms with Crippen molar-refractivity contribution < 1.29 is 4.74 Å². The fraction of sp³-hybridized carbons (Fsp3) is 0.538. The van der Waals surface area contributed by atoms with Crippen LogP contribution in [-0.4, -0.2) is 13.6 Å². The standard InChI is InChI=1S/C7H15N.C6H4OS/c1-8-6-2-3-7-4-5-7;8-5-3-1-2-4-6(5)7-4/h7-8H,2-6H2,1H3;1-3,8H. The first-order valence-electron chi connectivity index (χ1n) is 5.95. The Hall–Kier alpha value is -0.670. The molecule has 3 rings (SSSR count). The average Bonchev–Trinajstić information content (AvgIpc) is 3.14. The van der Waals surface area contributed by atoms with E-state index in [2.05, 4.69) is 17.9 Å². The Morgan fingerprint density at radius 2 is 2.25 bits per heavy atom. The highest BCUT2D eigenvalue weighted by Gasteiger charge is 2.21. The summed E-state index contributed by atoms with van der Waals surface area (Å²) in [6.07, 6.45) is 5.84. The van der Waals surface area contributed by atoms with E-state index in [0.717, 1.165) is 22.3 Å². The Kier molecular flexibility index (Phi) is 4.13. The summed E-state index contributed by atoms with van der Waals surface area (Å²) < 4.78 is 4.99. The van der Waals surface area contributed by atoms with Crippen LogP contribution in [0.5, 0.6) is 11.5 Å². The molecule has 16 heavy (non-hydrogen) atoms. The molecule has 1 aromatic carbocycles. The van der Waals surface area contributed by atoms with Gasteiger partial charge in [-0.15, -0.1) is 12.6 Å². The normalized spacial score (nSPS) is 15.6. The molecule has 0 spiro atoms. The van der Waals surface area contributed by atoms with Crippen LogP contribution in [0.15, 0.2) is 23.1 Å². The number of fused-ring (bicyclic) bond motifs is 1. The highest BCUT2D eigenvalue weighted by molar-refractivity contribution is 7.80. The van der Waals surface area contributed by atoms with Gasteiger partial charge in [-0.3, -0.25) is 0 Å². The Balaban J connectivity index is 0.000000120. The van der Waals surface area contributed by atoms with E-state index in [1.165, 1.54) is 32.2 Å². The van der Waals surface area contributed by atoms with Crippen LogP contribution < -0.4 is 10.1 Å². The summed E-state index contributed by atoms with van der Waals surface area (Å²) in [5.74, 6) is 3.02. The maximum atomic E-state index is 4.99. The lowest BCUT2D eigenvalue weighted by Gasteiger charge is -1.94. The number of para-hydroxylation sites is 1. The summed E-state index contributed by atoms with van der Waals surface area (Å²) in [6, 6.07) is 5.76. The maximum Gasteiger partial charge on any atom is 0.183 e. The van der Waals surface area contributed by atoms with Crippen LogP contribution in [0.3, 0.4) is 0 Å². The van der Waals surface area contributed by atoms with E-state index >= 15 is 0 Å². The number of hydrogen-bond acceptors (Lipinski definition) is 3. The quantitative estimate of drug-likeness (QED) is 0.483. The summed E-state index contributed by atoms with van der Waals surface area (Å²) in [7, 11) is 2.02. The van der Waals surface area contributed by atoms with E-state index in [4.69, 9.17) is 4.74 Å². The van der Waals surface area contributed by atoms with Gasteiger partial charge in [0, 0.05) is 0 Å². The second-order valence-corrected chi connectivity index (χ2v) is 4.88. The SMILES string of the molecule is CNCCCC1CC1.Sc1cccc2c1O2. The van der Waals surface area contributed by atoms with Gasteiger partial charge in [0.1, 0.15) is 0 Å². The van der Waals surface area contributed by atoms with Gasteiger partial charge >= 0.3 is 0 Å². The first-order chi connectivity index (χ1) is 7.81. The molecule has 0 atom stereocenters. The molecule has 2 aliphatic rings. The Morgan fingerprint density at radius 3 is 2.81 bits per heavy atom. The second kappa shape index (κ2) is 5.60. The lowest BCUT2D eigenvalue weighted by Crippen LogP contribution is -2.07. The van der Waals surface area contributed by atoms with Gasteiger partial charge in [0.2, 0.25) is 0 Å². The molecule has 1 aliphatic carbocycles. The first kappa shape index (κ1) is 11.8. The van der Waals surface area contributed by atoms with Crippen molar-refractivity contribution in [3.63, 3.8) is 0 Å². The second-order valence-electron chi connectivity index (χ2n) is 4.40. The third kappa shape index (κ3) is 3.72. The summed E-state index contributed by atoms with van der Waals surface area (Å²) in [6.45, 7) is 1.20. The molecule has 0 aromatic heterocycles. The van der Waals surface area contributed by atoms with E-state index in [0.29, 0.717) is 0 Å². The van der Waals surface area contributed by atoms with Crippen molar-refractivity contribution in [1.82, 2.24) is 5.32 Å². The van der Waals surface area contributed by atoms with Crippen LogP contribution in [0.25, 0.3) is 0 Å². The minimum Gasteiger partial charge on any atom is -0.448 e. The summed E-state index contributed by atoms with van der Waals surface area (Å²) >= 11 is 4.12. The molecule has 1 heterocycles. The molecular formula is C13H19NOS. The molecule has 3 heteroatoms. The van der Waals surface area contributed by atoms with Crippen molar-refractivity contribution in [2.45, 2.75) is 30.6 Å². The molecule has 0 amide bonds. The Labute approximate surface area is 103 Å². The maximum absolute atomic E-state index is 4.99. The van der Waals surface area contributed by atoms with Crippen LogP contribution >= 0.6 is 12.6 Å². The number of ether oxygens (including phenoxy) is 1. The molecular weight excluding hydrogens is 218 g/mol. The fourth-order valence-corrected chi connectivity index (χ4v) is 1.89. The fourth-order valence-electron chi connectivity index (χ4n) is 1.65. The zero-order valence-corrected chi connectivity index (χ0v) is 10.6. The topological polar surface area (TPSA) is 24.6 Å². The van der Waals surface area contributed by atoms with Crippen molar-refractivity contribution in [3.05, 3.63) is 18.2 Å². The largest absolute Gasteiger partial charge is 0.448 e. The lowest BCUT2D eigenvalue weighted by atomic mass is 10.2. The number of thiol groups is 1. The smallest absolute Gasteiger partial charge is 0.183 e. The van der Waals surface area contributed by atoms with Crippen molar-refractivity contribution in [3.8, 4) is 11.5 Å². The van der Waals surface area contributed by atoms with E-state index in [9.17, 15) is 0 Å². The van der Waals surface area contributed by atoms with Crippen molar-refractivity contribution >= 4 is 12.6 Å². The van der Waals surface area contributed by atoms with Gasteiger partial charge < -0.3 is 10.1 Å². The van der Waals surface area contributed by atoms with Gasteiger partial charge in [0.05, 0.1) is 4.90 Å². The minimum atomic E-state index is 0.933. The molecule has 1 saturated carbocycles. The number of rotatable bonds is 4. The van der Waals surface area contributed by atoms with E-state index in [1.807, 2.05) is 25.2 Å². The highest BCUT2D eigenvalue weighted by atomic mass is 32.1. The monoisotopic (exact) mass is 237 g/mol. The minimum absolute atomic E-state index is 0.933. The number of nitrogens with one attached hydrogen (secondary N) is 1. The van der Waals surface area contributed by atoms with Crippen LogP contribution in [0.1, 0.15) is 25.7 Å². The number of benzene rings is 1. The van der Waals surface area contributed by atoms with E-state index < -0.39 is 0 Å². The molecule has 88 valence electrons. The molecule has 1 aromatic rings. The van der Waals surface area contributed by atoms with Gasteiger partial charge in [-0.05, 0) is 44.5 Å². The van der Waals surface area contributed by atoms with Crippen LogP contribution in [0.2, 0.25) is 0 Å². The lowest BCUT2D eigenvalue weighted by molar-refractivity contribution is 0.631. The van der Waals surface area contributed by atoms with Gasteiger partial charge in [0.25, 0.3) is 0 Å². The highest BCUT2D eigenvalue weighted by Crippen LogP contribution is 2.49. The molecule has 0 radical (unpaired) electrons. The zero-order valence-electron chi connectivity index (χ0n) is 9.70. The summed E-state index contributed by atoms with van der Waals surface area (Å²) in [4.78, 5) is 0.933. The molecule has 0 saturated heterocycles. The molecule has 1 aliphatic heterocycles. The molecule has 1 N–H and O–H groups in total. The Bertz CT molecular complexity index is 350. The first-order valence-corrected chi connectivity index (χ1v) is 6.40. The zero-order chi connectivity index (χ0) is 11.4. The molecule has 1 fully saturated rings. The van der Waals surface area contributed by atoms with Crippen molar-refractivity contribution in [2.24, 2.45) is 5.92 Å². The predicted octanol–water partition coefficient (Wildman–Crippen LogP) is 3.48. The predicted molar refractivity (Wildman–Crippen MR) is 69.7 cm³/mol. The molecule has 0 unspecified atom stereocenters. The molecule has 0 bridgehead atoms. The summed E-state index contributed by atoms with van der Waals surface area (Å²) in [5, 5.41) is 3.15. The van der Waals surface area contributed by atoms with Crippen molar-refractivity contribution in [2.75, 3.05) is 13.6 Å². The van der Waals surface area contributed by atoms with Gasteiger partial charge in [-0.1, -0.05) is 18.9 Å². The Morgan fingerprint density at radius 1 is 1.44 bits per heavy atom. The van der Waals surface area contributed by atoms with Gasteiger partial charge in [-0.25, -0.2) is 0 Å². The average molecular weight is 237 g/mol. The molecule has 2 nitrogen and oxygen atoms in total. The van der Waals surface area contributed by atoms with E-state index in [-0.39, 0.29) is 0 Å². The van der Waals surface area contributed by atoms with Crippen LogP contribution in [0, 0.1) is 5.92 Å². The van der Waals surface area contributed by atoms with E-state index in [1.54, 1.807) is 0 Å². The number of hydrogen-bond donors (Lipinski definition) is 2. The third-order valence-electron chi connectivity index (χ3n) is 2.86. The van der Waals surface area contributed by atoms with Crippen LogP contribution in [-0.2, 0) is 0 Å². The summed E-state index contributed by atoms with van der Waals surface area (Å²) in [5.41, 5.74) is 0. The van der Waals surface area contributed by atoms with Crippen molar-refractivity contribution in [1.29, 1.82) is 0 Å². The van der Waals surface area contributed by atoms with Gasteiger partial charge in [-0.2, -0.15) is 0 Å².